The number of nitrogens with zero attached hydrogens (tertiary/aromatic N) is 1. The van der Waals surface area contributed by atoms with Crippen molar-refractivity contribution in [2.75, 3.05) is 50.0 Å². The van der Waals surface area contributed by atoms with Gasteiger partial charge in [0.1, 0.15) is 18.2 Å². The molecule has 0 spiro atoms. The number of nitrogens with one attached hydrogen (secondary N) is 3. The van der Waals surface area contributed by atoms with Gasteiger partial charge in [0.15, 0.2) is 0 Å². The number of ether oxygens (including phenoxy) is 1. The van der Waals surface area contributed by atoms with Gasteiger partial charge in [0.2, 0.25) is 11.8 Å². The highest BCUT2D eigenvalue weighted by molar-refractivity contribution is 6.31. The second kappa shape index (κ2) is 15.7. The number of anilines is 2. The number of hydrogen-bond donors (Lipinski definition) is 4. The third-order valence-corrected chi connectivity index (χ3v) is 7.05. The molecule has 0 unspecified atom stereocenters. The summed E-state index contributed by atoms with van der Waals surface area (Å²) in [6.45, 7) is 2.86. The van der Waals surface area contributed by atoms with Crippen LogP contribution in [0.1, 0.15) is 25.7 Å². The molecule has 4 rings (SSSR count). The summed E-state index contributed by atoms with van der Waals surface area (Å²) in [7, 11) is 0. The van der Waals surface area contributed by atoms with Crippen LogP contribution in [0.25, 0.3) is 0 Å². The van der Waals surface area contributed by atoms with Gasteiger partial charge in [0, 0.05) is 37.6 Å². The number of nitrogens with two attached hydrogens (primary N) is 1. The molecule has 0 radical (unpaired) electrons. The van der Waals surface area contributed by atoms with Crippen LogP contribution in [0.4, 0.5) is 25.0 Å². The van der Waals surface area contributed by atoms with Gasteiger partial charge in [-0.15, -0.1) is 0 Å². The maximum absolute atomic E-state index is 13.4. The molecule has 2 aromatic rings. The molecule has 218 valence electrons. The van der Waals surface area contributed by atoms with Crippen LogP contribution in [0.15, 0.2) is 36.4 Å². The maximum Gasteiger partial charge on any atom is 0.409 e. The number of amides is 3. The Hall–Kier alpha value is -2.99. The van der Waals surface area contributed by atoms with Gasteiger partial charge < -0.3 is 31.3 Å². The van der Waals surface area contributed by atoms with Gasteiger partial charge in [-0.1, -0.05) is 23.2 Å². The topological polar surface area (TPSA) is 126 Å². The van der Waals surface area contributed by atoms with Gasteiger partial charge in [-0.2, -0.15) is 0 Å². The molecule has 5 N–H and O–H groups in total. The highest BCUT2D eigenvalue weighted by atomic mass is 35.5. The smallest absolute Gasteiger partial charge is 0.409 e. The highest BCUT2D eigenvalue weighted by Crippen LogP contribution is 2.23. The Bertz CT molecular complexity index is 1180. The highest BCUT2D eigenvalue weighted by Gasteiger charge is 2.29. The lowest BCUT2D eigenvalue weighted by atomic mass is 9.97. The number of carbonyl (C=O) groups is 3. The van der Waals surface area contributed by atoms with Crippen LogP contribution in [-0.4, -0.2) is 62.1 Å². The Morgan fingerprint density at radius 3 is 2.05 bits per heavy atom. The maximum atomic E-state index is 13.4. The molecular weight excluding hydrogens is 567 g/mol. The zero-order chi connectivity index (χ0) is 29.1. The second-order valence-electron chi connectivity index (χ2n) is 9.47. The van der Waals surface area contributed by atoms with E-state index in [4.69, 9.17) is 33.7 Å². The first-order valence-corrected chi connectivity index (χ1v) is 13.8. The largest absolute Gasteiger partial charge is 0.448 e. The van der Waals surface area contributed by atoms with Gasteiger partial charge in [0.25, 0.3) is 0 Å². The summed E-state index contributed by atoms with van der Waals surface area (Å²) in [5.74, 6) is -1.86. The van der Waals surface area contributed by atoms with Gasteiger partial charge in [0.05, 0.1) is 21.9 Å². The molecule has 9 nitrogen and oxygen atoms in total. The van der Waals surface area contributed by atoms with Gasteiger partial charge in [-0.05, 0) is 68.6 Å². The van der Waals surface area contributed by atoms with Crippen molar-refractivity contribution in [2.24, 2.45) is 17.6 Å². The average molecular weight is 600 g/mol. The predicted molar refractivity (Wildman–Crippen MR) is 150 cm³/mol. The summed E-state index contributed by atoms with van der Waals surface area (Å²) in [5, 5.41) is 8.57. The molecule has 0 bridgehead atoms. The van der Waals surface area contributed by atoms with Crippen molar-refractivity contribution in [3.8, 4) is 0 Å². The normalized spacial score (nSPS) is 18.7. The van der Waals surface area contributed by atoms with Gasteiger partial charge in [-0.3, -0.25) is 9.59 Å². The average Bonchev–Trinajstić information content (AvgIpc) is 2.96. The lowest BCUT2D eigenvalue weighted by Gasteiger charge is -2.31. The third-order valence-electron chi connectivity index (χ3n) is 6.44. The third kappa shape index (κ3) is 9.58. The zero-order valence-electron chi connectivity index (χ0n) is 21.9. The van der Waals surface area contributed by atoms with Crippen molar-refractivity contribution in [2.45, 2.75) is 25.7 Å². The van der Waals surface area contributed by atoms with E-state index >= 15 is 0 Å². The predicted octanol–water partition coefficient (Wildman–Crippen LogP) is 4.64. The van der Waals surface area contributed by atoms with Gasteiger partial charge in [-0.25, -0.2) is 13.6 Å². The van der Waals surface area contributed by atoms with Crippen LogP contribution < -0.4 is 21.7 Å². The molecule has 0 aliphatic carbocycles. The molecule has 2 aliphatic heterocycles. The van der Waals surface area contributed by atoms with Crippen molar-refractivity contribution in [1.82, 2.24) is 10.2 Å². The SMILES string of the molecule is NCCOC(=O)N1CCC[C@H](C(=O)Nc2ccc(Cl)c(F)c2)C1.O=C(Nc1ccc(Cl)c(F)c1)[C@H]1CCCNC1. The lowest BCUT2D eigenvalue weighted by Crippen LogP contribution is -2.44. The first-order valence-electron chi connectivity index (χ1n) is 13.0. The number of carbonyl (C=O) groups excluding carboxylic acids is 3. The van der Waals surface area contributed by atoms with Crippen LogP contribution in [0, 0.1) is 23.5 Å². The van der Waals surface area contributed by atoms with Crippen molar-refractivity contribution < 1.29 is 27.9 Å². The summed E-state index contributed by atoms with van der Waals surface area (Å²) in [6.07, 6.45) is 2.75. The summed E-state index contributed by atoms with van der Waals surface area (Å²) in [5.41, 5.74) is 6.07. The standard InChI is InChI=1S/C15H19ClFN3O3.C12H14ClFN2O/c16-12-4-3-11(8-13(12)17)19-14(21)10-2-1-6-20(9-10)15(22)23-7-5-18;13-10-4-3-9(6-11(10)14)16-12(17)8-2-1-5-15-7-8/h3-4,8,10H,1-2,5-7,9,18H2,(H,19,21);3-4,6,8,15H,1-2,5,7H2,(H,16,17)/t10-;8-/m00/s1. The monoisotopic (exact) mass is 599 g/mol. The van der Waals surface area contributed by atoms with Gasteiger partial charge >= 0.3 is 6.09 Å². The Morgan fingerprint density at radius 1 is 0.950 bits per heavy atom. The number of rotatable bonds is 6. The Balaban J connectivity index is 0.000000230. The summed E-state index contributed by atoms with van der Waals surface area (Å²) in [6, 6.07) is 8.33. The first-order chi connectivity index (χ1) is 19.2. The molecule has 3 amide bonds. The lowest BCUT2D eigenvalue weighted by molar-refractivity contribution is -0.121. The van der Waals surface area contributed by atoms with Crippen molar-refractivity contribution in [1.29, 1.82) is 0 Å². The summed E-state index contributed by atoms with van der Waals surface area (Å²) >= 11 is 11.2. The van der Waals surface area contributed by atoms with Crippen LogP contribution >= 0.6 is 23.2 Å². The van der Waals surface area contributed by atoms with E-state index in [1.807, 2.05) is 0 Å². The number of benzene rings is 2. The molecule has 2 atom stereocenters. The molecule has 2 fully saturated rings. The van der Waals surface area contributed by atoms with Crippen molar-refractivity contribution in [3.05, 3.63) is 58.1 Å². The van der Waals surface area contributed by atoms with E-state index in [-0.39, 0.29) is 53.4 Å². The molecule has 40 heavy (non-hydrogen) atoms. The van der Waals surface area contributed by atoms with E-state index in [9.17, 15) is 23.2 Å². The number of halogens is 4. The molecule has 0 saturated carbocycles. The zero-order valence-corrected chi connectivity index (χ0v) is 23.4. The van der Waals surface area contributed by atoms with Crippen LogP contribution in [-0.2, 0) is 14.3 Å². The van der Waals surface area contributed by atoms with E-state index in [0.29, 0.717) is 37.3 Å². The van der Waals surface area contributed by atoms with Crippen LogP contribution in [0.2, 0.25) is 10.0 Å². The fraction of sp³-hybridized carbons (Fsp3) is 0.444. The van der Waals surface area contributed by atoms with Crippen LogP contribution in [0.3, 0.4) is 0 Å². The first kappa shape index (κ1) is 31.5. The summed E-state index contributed by atoms with van der Waals surface area (Å²) < 4.78 is 31.5. The van der Waals surface area contributed by atoms with Crippen LogP contribution in [0.5, 0.6) is 0 Å². The van der Waals surface area contributed by atoms with Crippen molar-refractivity contribution >= 4 is 52.5 Å². The number of likely N-dealkylation sites (tertiary alicyclic amines) is 1. The van der Waals surface area contributed by atoms with E-state index in [1.165, 1.54) is 29.2 Å². The molecule has 2 heterocycles. The Kier molecular flexibility index (Phi) is 12.4. The minimum absolute atomic E-state index is 0.00510. The molecule has 2 saturated heterocycles. The Labute approximate surface area is 241 Å². The quantitative estimate of drug-likeness (QED) is 0.383. The Morgan fingerprint density at radius 2 is 1.52 bits per heavy atom. The summed E-state index contributed by atoms with van der Waals surface area (Å²) in [4.78, 5) is 37.4. The molecular formula is C27H33Cl2F2N5O4. The van der Waals surface area contributed by atoms with E-state index in [0.717, 1.165) is 25.5 Å². The fourth-order valence-electron chi connectivity index (χ4n) is 4.31. The molecule has 2 aliphatic rings. The minimum atomic E-state index is -0.597. The van der Waals surface area contributed by atoms with E-state index < -0.39 is 17.7 Å². The van der Waals surface area contributed by atoms with Crippen molar-refractivity contribution in [3.63, 3.8) is 0 Å². The number of hydrogen-bond acceptors (Lipinski definition) is 6. The second-order valence-corrected chi connectivity index (χ2v) is 10.3. The molecule has 0 aromatic heterocycles. The molecule has 13 heteroatoms. The van der Waals surface area contributed by atoms with E-state index in [1.54, 1.807) is 6.07 Å². The van der Waals surface area contributed by atoms with E-state index in [2.05, 4.69) is 16.0 Å². The fourth-order valence-corrected chi connectivity index (χ4v) is 4.54. The minimum Gasteiger partial charge on any atom is -0.448 e. The number of piperidine rings is 2. The molecule has 2 aromatic carbocycles.